The number of sulfone groups is 1. The van der Waals surface area contributed by atoms with Crippen LogP contribution >= 0.6 is 0 Å². The minimum Gasteiger partial charge on any atom is -0.462 e. The number of hydrogen-bond acceptors (Lipinski definition) is 6. The summed E-state index contributed by atoms with van der Waals surface area (Å²) in [7, 11) is -3.03. The second-order valence-corrected chi connectivity index (χ2v) is 7.32. The molecule has 0 amide bonds. The predicted octanol–water partition coefficient (Wildman–Crippen LogP) is 1.43. The average Bonchev–Trinajstić information content (AvgIpc) is 2.40. The fraction of sp³-hybridized carbons (Fsp3) is 0.500. The van der Waals surface area contributed by atoms with Gasteiger partial charge in [0.25, 0.3) is 0 Å². The molecule has 0 aromatic heterocycles. The molecule has 2 rings (SSSR count). The first-order chi connectivity index (χ1) is 9.93. The Morgan fingerprint density at radius 2 is 2.24 bits per heavy atom. The molecule has 1 fully saturated rings. The molecule has 0 saturated carbocycles. The Morgan fingerprint density at radius 3 is 2.90 bits per heavy atom. The number of nitrogens with one attached hydrogen (secondary N) is 1. The van der Waals surface area contributed by atoms with Gasteiger partial charge in [-0.2, -0.15) is 0 Å². The van der Waals surface area contributed by atoms with Gasteiger partial charge in [0.05, 0.1) is 35.1 Å². The summed E-state index contributed by atoms with van der Waals surface area (Å²) < 4.78 is 28.4. The highest BCUT2D eigenvalue weighted by molar-refractivity contribution is 7.91. The second kappa shape index (κ2) is 6.34. The van der Waals surface area contributed by atoms with Crippen LogP contribution in [-0.4, -0.2) is 38.5 Å². The molecule has 1 saturated heterocycles. The van der Waals surface area contributed by atoms with Crippen LogP contribution in [-0.2, 0) is 14.6 Å². The molecule has 0 aliphatic carbocycles. The lowest BCUT2D eigenvalue weighted by Crippen LogP contribution is -2.35. The van der Waals surface area contributed by atoms with Gasteiger partial charge in [0, 0.05) is 6.04 Å². The van der Waals surface area contributed by atoms with Gasteiger partial charge in [-0.25, -0.2) is 13.2 Å². The lowest BCUT2D eigenvalue weighted by atomic mass is 10.1. The number of rotatable bonds is 4. The molecule has 1 aromatic carbocycles. The Hall–Kier alpha value is -1.76. The number of nitrogens with two attached hydrogens (primary N) is 1. The predicted molar refractivity (Wildman–Crippen MR) is 82.1 cm³/mol. The van der Waals surface area contributed by atoms with E-state index in [1.54, 1.807) is 25.1 Å². The largest absolute Gasteiger partial charge is 0.462 e. The Bertz CT molecular complexity index is 628. The van der Waals surface area contributed by atoms with Crippen molar-refractivity contribution >= 4 is 27.2 Å². The van der Waals surface area contributed by atoms with Gasteiger partial charge >= 0.3 is 5.97 Å². The molecule has 7 heteroatoms. The minimum atomic E-state index is -3.03. The smallest absolute Gasteiger partial charge is 0.340 e. The summed E-state index contributed by atoms with van der Waals surface area (Å²) in [6.45, 7) is 2.00. The Labute approximate surface area is 124 Å². The third-order valence-electron chi connectivity index (χ3n) is 3.40. The average molecular weight is 312 g/mol. The third-order valence-corrected chi connectivity index (χ3v) is 5.22. The highest BCUT2D eigenvalue weighted by atomic mass is 32.2. The van der Waals surface area contributed by atoms with Crippen LogP contribution in [0.1, 0.15) is 30.1 Å². The van der Waals surface area contributed by atoms with Crippen molar-refractivity contribution in [1.82, 2.24) is 0 Å². The van der Waals surface area contributed by atoms with Crippen LogP contribution in [0.15, 0.2) is 18.2 Å². The summed E-state index contributed by atoms with van der Waals surface area (Å²) in [5, 5.41) is 3.11. The fourth-order valence-corrected chi connectivity index (χ4v) is 4.09. The quantitative estimate of drug-likeness (QED) is 0.645. The summed E-state index contributed by atoms with van der Waals surface area (Å²) in [5.41, 5.74) is 7.12. The van der Waals surface area contributed by atoms with Gasteiger partial charge in [0.1, 0.15) is 0 Å². The fourth-order valence-electron chi connectivity index (χ4n) is 2.45. The van der Waals surface area contributed by atoms with Gasteiger partial charge in [-0.05, 0) is 31.9 Å². The van der Waals surface area contributed by atoms with E-state index in [0.717, 1.165) is 6.42 Å². The van der Waals surface area contributed by atoms with Gasteiger partial charge in [-0.3, -0.25) is 0 Å². The standard InChI is InChI=1S/C14H20N2O4S/c1-2-20-14(17)11-6-3-7-12(15)13(11)16-10-5-4-8-21(18,19)9-10/h3,6-7,10,16H,2,4-5,8-9,15H2,1H3. The molecule has 0 bridgehead atoms. The van der Waals surface area contributed by atoms with Gasteiger partial charge in [0.15, 0.2) is 9.84 Å². The number of ether oxygens (including phenoxy) is 1. The van der Waals surface area contributed by atoms with Crippen molar-refractivity contribution in [3.8, 4) is 0 Å². The first-order valence-electron chi connectivity index (χ1n) is 6.95. The molecule has 1 aliphatic heterocycles. The van der Waals surface area contributed by atoms with E-state index < -0.39 is 15.8 Å². The lowest BCUT2D eigenvalue weighted by Gasteiger charge is -2.25. The monoisotopic (exact) mass is 312 g/mol. The van der Waals surface area contributed by atoms with E-state index in [0.29, 0.717) is 23.4 Å². The number of benzene rings is 1. The van der Waals surface area contributed by atoms with Crippen LogP contribution < -0.4 is 11.1 Å². The lowest BCUT2D eigenvalue weighted by molar-refractivity contribution is 0.0527. The van der Waals surface area contributed by atoms with Crippen molar-refractivity contribution in [2.45, 2.75) is 25.8 Å². The van der Waals surface area contributed by atoms with Gasteiger partial charge < -0.3 is 15.8 Å². The maximum atomic E-state index is 12.0. The molecule has 3 N–H and O–H groups in total. The van der Waals surface area contributed by atoms with E-state index in [1.165, 1.54) is 0 Å². The molecule has 1 atom stereocenters. The van der Waals surface area contributed by atoms with E-state index in [1.807, 2.05) is 0 Å². The van der Waals surface area contributed by atoms with Crippen LogP contribution in [0.5, 0.6) is 0 Å². The first-order valence-corrected chi connectivity index (χ1v) is 8.77. The minimum absolute atomic E-state index is 0.0591. The number of para-hydroxylation sites is 1. The van der Waals surface area contributed by atoms with Crippen molar-refractivity contribution in [3.05, 3.63) is 23.8 Å². The zero-order valence-electron chi connectivity index (χ0n) is 12.0. The number of carbonyl (C=O) groups excluding carboxylic acids is 1. The van der Waals surface area contributed by atoms with Crippen molar-refractivity contribution < 1.29 is 17.9 Å². The van der Waals surface area contributed by atoms with Crippen LogP contribution in [0.2, 0.25) is 0 Å². The molecule has 1 aromatic rings. The molecular formula is C14H20N2O4S. The number of nitrogen functional groups attached to an aromatic ring is 1. The van der Waals surface area contributed by atoms with Crippen LogP contribution in [0.25, 0.3) is 0 Å². The number of hydrogen-bond donors (Lipinski definition) is 2. The van der Waals surface area contributed by atoms with Gasteiger partial charge in [-0.1, -0.05) is 6.07 Å². The van der Waals surface area contributed by atoms with Crippen LogP contribution in [0.3, 0.4) is 0 Å². The van der Waals surface area contributed by atoms with E-state index in [9.17, 15) is 13.2 Å². The van der Waals surface area contributed by atoms with Crippen LogP contribution in [0.4, 0.5) is 11.4 Å². The van der Waals surface area contributed by atoms with Crippen molar-refractivity contribution in [2.75, 3.05) is 29.2 Å². The SMILES string of the molecule is CCOC(=O)c1cccc(N)c1NC1CCCS(=O)(=O)C1. The molecule has 1 unspecified atom stereocenters. The molecule has 1 aliphatic rings. The zero-order valence-corrected chi connectivity index (χ0v) is 12.8. The number of carbonyl (C=O) groups is 1. The van der Waals surface area contributed by atoms with E-state index in [2.05, 4.69) is 5.32 Å². The summed E-state index contributed by atoms with van der Waals surface area (Å²) in [5.74, 6) is -0.185. The molecule has 6 nitrogen and oxygen atoms in total. The Kier molecular flexibility index (Phi) is 4.72. The molecular weight excluding hydrogens is 292 g/mol. The maximum absolute atomic E-state index is 12.0. The molecule has 0 spiro atoms. The highest BCUT2D eigenvalue weighted by Crippen LogP contribution is 2.27. The molecule has 21 heavy (non-hydrogen) atoms. The topological polar surface area (TPSA) is 98.5 Å². The van der Waals surface area contributed by atoms with E-state index >= 15 is 0 Å². The Morgan fingerprint density at radius 1 is 1.48 bits per heavy atom. The number of anilines is 2. The van der Waals surface area contributed by atoms with Gasteiger partial charge in [-0.15, -0.1) is 0 Å². The second-order valence-electron chi connectivity index (χ2n) is 5.09. The van der Waals surface area contributed by atoms with Crippen molar-refractivity contribution in [1.29, 1.82) is 0 Å². The third kappa shape index (κ3) is 3.87. The normalized spacial score (nSPS) is 20.7. The number of esters is 1. The Balaban J connectivity index is 2.24. The molecule has 1 heterocycles. The van der Waals surface area contributed by atoms with Crippen molar-refractivity contribution in [2.24, 2.45) is 0 Å². The summed E-state index contributed by atoms with van der Waals surface area (Å²) >= 11 is 0. The van der Waals surface area contributed by atoms with E-state index in [4.69, 9.17) is 10.5 Å². The maximum Gasteiger partial charge on any atom is 0.340 e. The molecule has 116 valence electrons. The highest BCUT2D eigenvalue weighted by Gasteiger charge is 2.26. The first kappa shape index (κ1) is 15.6. The summed E-state index contributed by atoms with van der Waals surface area (Å²) in [6.07, 6.45) is 1.34. The van der Waals surface area contributed by atoms with Crippen LogP contribution in [0, 0.1) is 0 Å². The summed E-state index contributed by atoms with van der Waals surface area (Å²) in [4.78, 5) is 12.0. The molecule has 0 radical (unpaired) electrons. The van der Waals surface area contributed by atoms with Gasteiger partial charge in [0.2, 0.25) is 0 Å². The zero-order chi connectivity index (χ0) is 15.5. The van der Waals surface area contributed by atoms with E-state index in [-0.39, 0.29) is 24.2 Å². The van der Waals surface area contributed by atoms with Crippen molar-refractivity contribution in [3.63, 3.8) is 0 Å². The summed E-state index contributed by atoms with van der Waals surface area (Å²) in [6, 6.07) is 4.72.